The average molecular weight is 278 g/mol. The molecule has 2 aromatic carbocycles. The van der Waals surface area contributed by atoms with Gasteiger partial charge in [-0.05, 0) is 36.4 Å². The van der Waals surface area contributed by atoms with Crippen molar-refractivity contribution in [1.29, 1.82) is 0 Å². The first-order valence-electron chi connectivity index (χ1n) is 6.11. The fourth-order valence-electron chi connectivity index (χ4n) is 1.56. The van der Waals surface area contributed by atoms with E-state index in [1.165, 1.54) is 0 Å². The van der Waals surface area contributed by atoms with Crippen molar-refractivity contribution in [2.24, 2.45) is 0 Å². The molecule has 100 valence electrons. The molecule has 2 aromatic rings. The van der Waals surface area contributed by atoms with Crippen LogP contribution in [-0.4, -0.2) is 13.2 Å². The lowest BCUT2D eigenvalue weighted by atomic mass is 10.3. The number of rotatable bonds is 6. The molecule has 0 aliphatic rings. The molecule has 0 aliphatic carbocycles. The van der Waals surface area contributed by atoms with E-state index in [9.17, 15) is 0 Å². The molecular weight excluding hydrogens is 262 g/mol. The van der Waals surface area contributed by atoms with Crippen LogP contribution < -0.4 is 15.2 Å². The predicted molar refractivity (Wildman–Crippen MR) is 77.9 cm³/mol. The van der Waals surface area contributed by atoms with Crippen LogP contribution in [0.25, 0.3) is 0 Å². The molecule has 0 bridgehead atoms. The fourth-order valence-corrected chi connectivity index (χ4v) is 1.75. The predicted octanol–water partition coefficient (Wildman–Crippen LogP) is 3.77. The topological polar surface area (TPSA) is 44.5 Å². The summed E-state index contributed by atoms with van der Waals surface area (Å²) in [6.07, 6.45) is 0.787. The molecule has 3 nitrogen and oxygen atoms in total. The van der Waals surface area contributed by atoms with Gasteiger partial charge in [0, 0.05) is 12.1 Å². The van der Waals surface area contributed by atoms with E-state index in [1.807, 2.05) is 48.5 Å². The van der Waals surface area contributed by atoms with Gasteiger partial charge < -0.3 is 15.2 Å². The van der Waals surface area contributed by atoms with Gasteiger partial charge in [-0.3, -0.25) is 0 Å². The van der Waals surface area contributed by atoms with Crippen LogP contribution in [0.1, 0.15) is 6.42 Å². The largest absolute Gasteiger partial charge is 0.493 e. The van der Waals surface area contributed by atoms with Gasteiger partial charge >= 0.3 is 0 Å². The summed E-state index contributed by atoms with van der Waals surface area (Å²) in [5.74, 6) is 1.52. The molecule has 0 spiro atoms. The zero-order chi connectivity index (χ0) is 13.5. The van der Waals surface area contributed by atoms with E-state index in [1.54, 1.807) is 0 Å². The summed E-state index contributed by atoms with van der Waals surface area (Å²) in [5, 5.41) is 0.627. The van der Waals surface area contributed by atoms with Crippen molar-refractivity contribution >= 4 is 17.3 Å². The molecule has 0 heterocycles. The van der Waals surface area contributed by atoms with Crippen molar-refractivity contribution in [2.45, 2.75) is 6.42 Å². The molecule has 19 heavy (non-hydrogen) atoms. The Labute approximate surface area is 117 Å². The summed E-state index contributed by atoms with van der Waals surface area (Å²) in [6.45, 7) is 1.16. The first-order valence-corrected chi connectivity index (χ1v) is 6.49. The lowest BCUT2D eigenvalue weighted by Crippen LogP contribution is -2.05. The van der Waals surface area contributed by atoms with Crippen molar-refractivity contribution in [3.05, 3.63) is 53.6 Å². The van der Waals surface area contributed by atoms with E-state index in [4.69, 9.17) is 26.8 Å². The fraction of sp³-hybridized carbons (Fsp3) is 0.200. The van der Waals surface area contributed by atoms with Gasteiger partial charge in [0.25, 0.3) is 0 Å². The molecule has 4 heteroatoms. The van der Waals surface area contributed by atoms with Crippen molar-refractivity contribution in [3.63, 3.8) is 0 Å². The maximum Gasteiger partial charge on any atom is 0.137 e. The Hall–Kier alpha value is -1.87. The summed E-state index contributed by atoms with van der Waals surface area (Å²) in [7, 11) is 0. The van der Waals surface area contributed by atoms with Crippen LogP contribution in [0, 0.1) is 0 Å². The third kappa shape index (κ3) is 4.38. The van der Waals surface area contributed by atoms with Gasteiger partial charge in [0.1, 0.15) is 11.5 Å². The number of nitrogens with two attached hydrogens (primary N) is 1. The molecule has 2 N–H and O–H groups in total. The Morgan fingerprint density at radius 3 is 2.32 bits per heavy atom. The lowest BCUT2D eigenvalue weighted by molar-refractivity contribution is 0.247. The highest BCUT2D eigenvalue weighted by Gasteiger charge is 1.99. The molecular formula is C15H16ClNO2. The summed E-state index contributed by atoms with van der Waals surface area (Å²) in [4.78, 5) is 0. The Bertz CT molecular complexity index is 514. The number of hydrogen-bond donors (Lipinski definition) is 1. The molecule has 0 amide bonds. The standard InChI is InChI=1S/C15H16ClNO2/c16-14-4-1-2-5-15(14)19-11-3-10-18-13-8-6-12(17)7-9-13/h1-2,4-9H,3,10-11,17H2. The Balaban J connectivity index is 1.67. The molecule has 0 aromatic heterocycles. The van der Waals surface area contributed by atoms with Gasteiger partial charge in [0.2, 0.25) is 0 Å². The van der Waals surface area contributed by atoms with Crippen LogP contribution in [-0.2, 0) is 0 Å². The maximum atomic E-state index is 5.98. The molecule has 0 unspecified atom stereocenters. The molecule has 0 fully saturated rings. The van der Waals surface area contributed by atoms with Crippen molar-refractivity contribution < 1.29 is 9.47 Å². The normalized spacial score (nSPS) is 10.2. The molecule has 2 rings (SSSR count). The number of hydrogen-bond acceptors (Lipinski definition) is 3. The van der Waals surface area contributed by atoms with Gasteiger partial charge in [-0.25, -0.2) is 0 Å². The molecule has 0 atom stereocenters. The second kappa shape index (κ2) is 6.90. The number of para-hydroxylation sites is 1. The highest BCUT2D eigenvalue weighted by Crippen LogP contribution is 2.23. The second-order valence-electron chi connectivity index (χ2n) is 4.05. The van der Waals surface area contributed by atoms with E-state index in [2.05, 4.69) is 0 Å². The number of anilines is 1. The van der Waals surface area contributed by atoms with Crippen molar-refractivity contribution in [1.82, 2.24) is 0 Å². The quantitative estimate of drug-likeness (QED) is 0.646. The van der Waals surface area contributed by atoms with E-state index in [0.29, 0.717) is 24.0 Å². The van der Waals surface area contributed by atoms with Crippen LogP contribution in [0.15, 0.2) is 48.5 Å². The molecule has 0 radical (unpaired) electrons. The summed E-state index contributed by atoms with van der Waals surface area (Å²) in [5.41, 5.74) is 6.32. The van der Waals surface area contributed by atoms with Crippen LogP contribution >= 0.6 is 11.6 Å². The van der Waals surface area contributed by atoms with Crippen LogP contribution in [0.5, 0.6) is 11.5 Å². The monoisotopic (exact) mass is 277 g/mol. The molecule has 0 saturated carbocycles. The lowest BCUT2D eigenvalue weighted by Gasteiger charge is -2.09. The minimum Gasteiger partial charge on any atom is -0.493 e. The SMILES string of the molecule is Nc1ccc(OCCCOc2ccccc2Cl)cc1. The minimum atomic E-state index is 0.568. The van der Waals surface area contributed by atoms with Gasteiger partial charge in [0.15, 0.2) is 0 Å². The zero-order valence-electron chi connectivity index (χ0n) is 10.5. The van der Waals surface area contributed by atoms with Gasteiger partial charge in [0.05, 0.1) is 18.2 Å². The highest BCUT2D eigenvalue weighted by atomic mass is 35.5. The van der Waals surface area contributed by atoms with Crippen molar-refractivity contribution in [3.8, 4) is 11.5 Å². The van der Waals surface area contributed by atoms with Gasteiger partial charge in [-0.1, -0.05) is 23.7 Å². The molecule has 0 aliphatic heterocycles. The van der Waals surface area contributed by atoms with Crippen LogP contribution in [0.2, 0.25) is 5.02 Å². The summed E-state index contributed by atoms with van der Waals surface area (Å²) in [6, 6.07) is 14.8. The third-order valence-electron chi connectivity index (χ3n) is 2.53. The van der Waals surface area contributed by atoms with Crippen LogP contribution in [0.3, 0.4) is 0 Å². The van der Waals surface area contributed by atoms with E-state index in [0.717, 1.165) is 17.9 Å². The van der Waals surface area contributed by atoms with Gasteiger partial charge in [-0.15, -0.1) is 0 Å². The summed E-state index contributed by atoms with van der Waals surface area (Å²) >= 11 is 5.98. The Kier molecular flexibility index (Phi) is 4.93. The second-order valence-corrected chi connectivity index (χ2v) is 4.46. The smallest absolute Gasteiger partial charge is 0.137 e. The number of nitrogen functional groups attached to an aromatic ring is 1. The highest BCUT2D eigenvalue weighted by molar-refractivity contribution is 6.32. The van der Waals surface area contributed by atoms with E-state index in [-0.39, 0.29) is 0 Å². The Morgan fingerprint density at radius 1 is 0.895 bits per heavy atom. The minimum absolute atomic E-state index is 0.568. The maximum absolute atomic E-state index is 5.98. The Morgan fingerprint density at radius 2 is 1.58 bits per heavy atom. The third-order valence-corrected chi connectivity index (χ3v) is 2.84. The van der Waals surface area contributed by atoms with Gasteiger partial charge in [-0.2, -0.15) is 0 Å². The average Bonchev–Trinajstić information content (AvgIpc) is 2.42. The zero-order valence-corrected chi connectivity index (χ0v) is 11.3. The first kappa shape index (κ1) is 13.6. The van der Waals surface area contributed by atoms with Crippen LogP contribution in [0.4, 0.5) is 5.69 Å². The number of halogens is 1. The molecule has 0 saturated heterocycles. The first-order chi connectivity index (χ1) is 9.25. The number of benzene rings is 2. The van der Waals surface area contributed by atoms with E-state index >= 15 is 0 Å². The van der Waals surface area contributed by atoms with Crippen molar-refractivity contribution in [2.75, 3.05) is 18.9 Å². The van der Waals surface area contributed by atoms with E-state index < -0.39 is 0 Å². The summed E-state index contributed by atoms with van der Waals surface area (Å²) < 4.78 is 11.1. The number of ether oxygens (including phenoxy) is 2.